The maximum absolute atomic E-state index is 12.5. The molecular formula is C21H23N3O4S. The highest BCUT2D eigenvalue weighted by Gasteiger charge is 2.28. The van der Waals surface area contributed by atoms with Gasteiger partial charge in [0.1, 0.15) is 0 Å². The summed E-state index contributed by atoms with van der Waals surface area (Å²) in [4.78, 5) is 24.5. The molecule has 0 bridgehead atoms. The fourth-order valence-electron chi connectivity index (χ4n) is 3.29. The van der Waals surface area contributed by atoms with Gasteiger partial charge in [0, 0.05) is 30.3 Å². The molecule has 2 aliphatic rings. The summed E-state index contributed by atoms with van der Waals surface area (Å²) in [5.41, 5.74) is 2.40. The second-order valence-corrected chi connectivity index (χ2v) is 9.43. The van der Waals surface area contributed by atoms with Crippen LogP contribution in [0.2, 0.25) is 0 Å². The minimum absolute atomic E-state index is 0.0724. The zero-order valence-electron chi connectivity index (χ0n) is 15.9. The van der Waals surface area contributed by atoms with Crippen LogP contribution in [-0.2, 0) is 16.6 Å². The number of nitrogens with one attached hydrogen (secondary N) is 2. The van der Waals surface area contributed by atoms with Crippen LogP contribution >= 0.6 is 0 Å². The number of sulfonamides is 1. The third-order valence-electron chi connectivity index (χ3n) is 5.08. The number of nitrogens with zero attached hydrogens (tertiary/aromatic N) is 1. The van der Waals surface area contributed by atoms with Gasteiger partial charge < -0.3 is 10.6 Å². The molecule has 2 aromatic rings. The van der Waals surface area contributed by atoms with Crippen LogP contribution in [-0.4, -0.2) is 38.6 Å². The third kappa shape index (κ3) is 4.59. The number of carbonyl (C=O) groups excluding carboxylic acids is 2. The smallest absolute Gasteiger partial charge is 0.251 e. The van der Waals surface area contributed by atoms with Gasteiger partial charge in [0.05, 0.1) is 11.4 Å². The van der Waals surface area contributed by atoms with Crippen LogP contribution < -0.4 is 14.9 Å². The summed E-state index contributed by atoms with van der Waals surface area (Å²) in [6, 6.07) is 14.1. The molecule has 1 saturated heterocycles. The van der Waals surface area contributed by atoms with Crippen LogP contribution in [0.25, 0.3) is 0 Å². The van der Waals surface area contributed by atoms with Gasteiger partial charge in [-0.1, -0.05) is 18.2 Å². The van der Waals surface area contributed by atoms with Gasteiger partial charge in [-0.05, 0) is 55.2 Å². The molecule has 0 aromatic heterocycles. The first-order valence-electron chi connectivity index (χ1n) is 9.71. The largest absolute Gasteiger partial charge is 0.349 e. The standard InChI is InChI=1S/C21H23N3O4S/c25-20(17-3-1-4-19(13-17)24-11-2-12-29(24,27)28)22-14-15-5-7-16(8-6-15)21(26)23-18-9-10-18/h1,3-8,13,18H,2,9-12,14H2,(H,22,25)(H,23,26). The molecule has 1 heterocycles. The normalized spacial score (nSPS) is 17.7. The first-order chi connectivity index (χ1) is 13.9. The van der Waals surface area contributed by atoms with Gasteiger partial charge in [-0.3, -0.25) is 13.9 Å². The molecule has 0 unspecified atom stereocenters. The van der Waals surface area contributed by atoms with Crippen LogP contribution in [0.5, 0.6) is 0 Å². The molecule has 8 heteroatoms. The van der Waals surface area contributed by atoms with Gasteiger partial charge in [-0.25, -0.2) is 8.42 Å². The predicted molar refractivity (Wildman–Crippen MR) is 110 cm³/mol. The van der Waals surface area contributed by atoms with E-state index in [4.69, 9.17) is 0 Å². The van der Waals surface area contributed by atoms with Crippen molar-refractivity contribution in [2.45, 2.75) is 31.8 Å². The molecule has 7 nitrogen and oxygen atoms in total. The molecule has 2 aromatic carbocycles. The molecule has 0 atom stereocenters. The van der Waals surface area contributed by atoms with Crippen LogP contribution in [0, 0.1) is 0 Å². The van der Waals surface area contributed by atoms with E-state index < -0.39 is 10.0 Å². The Hall–Kier alpha value is -2.87. The first kappa shape index (κ1) is 19.4. The van der Waals surface area contributed by atoms with E-state index in [0.717, 1.165) is 18.4 Å². The van der Waals surface area contributed by atoms with E-state index in [-0.39, 0.29) is 17.6 Å². The highest BCUT2D eigenvalue weighted by atomic mass is 32.2. The number of benzene rings is 2. The fraction of sp³-hybridized carbons (Fsp3) is 0.333. The Bertz CT molecular complexity index is 1030. The van der Waals surface area contributed by atoms with E-state index in [9.17, 15) is 18.0 Å². The number of hydrogen-bond donors (Lipinski definition) is 2. The summed E-state index contributed by atoms with van der Waals surface area (Å²) >= 11 is 0. The van der Waals surface area contributed by atoms with E-state index in [1.165, 1.54) is 4.31 Å². The molecule has 0 radical (unpaired) electrons. The molecule has 29 heavy (non-hydrogen) atoms. The van der Waals surface area contributed by atoms with Crippen molar-refractivity contribution in [3.05, 3.63) is 65.2 Å². The van der Waals surface area contributed by atoms with Crippen LogP contribution in [0.15, 0.2) is 48.5 Å². The topological polar surface area (TPSA) is 95.6 Å². The van der Waals surface area contributed by atoms with Gasteiger partial charge >= 0.3 is 0 Å². The van der Waals surface area contributed by atoms with Crippen molar-refractivity contribution in [3.8, 4) is 0 Å². The van der Waals surface area contributed by atoms with Crippen molar-refractivity contribution in [1.82, 2.24) is 10.6 Å². The molecule has 1 saturated carbocycles. The minimum atomic E-state index is -3.28. The molecule has 1 aliphatic heterocycles. The zero-order valence-corrected chi connectivity index (χ0v) is 16.7. The van der Waals surface area contributed by atoms with E-state index in [1.54, 1.807) is 36.4 Å². The van der Waals surface area contributed by atoms with Gasteiger partial charge in [-0.2, -0.15) is 0 Å². The molecule has 152 valence electrons. The van der Waals surface area contributed by atoms with Crippen molar-refractivity contribution in [1.29, 1.82) is 0 Å². The van der Waals surface area contributed by atoms with Crippen LogP contribution in [0.4, 0.5) is 5.69 Å². The van der Waals surface area contributed by atoms with E-state index >= 15 is 0 Å². The number of carbonyl (C=O) groups is 2. The summed E-state index contributed by atoms with van der Waals surface area (Å²) < 4.78 is 25.5. The molecular weight excluding hydrogens is 390 g/mol. The summed E-state index contributed by atoms with van der Waals surface area (Å²) in [5, 5.41) is 5.78. The van der Waals surface area contributed by atoms with E-state index in [1.807, 2.05) is 12.1 Å². The number of hydrogen-bond acceptors (Lipinski definition) is 4. The monoisotopic (exact) mass is 413 g/mol. The lowest BCUT2D eigenvalue weighted by Gasteiger charge is -2.17. The Morgan fingerprint density at radius 2 is 1.76 bits per heavy atom. The van der Waals surface area contributed by atoms with Crippen LogP contribution in [0.3, 0.4) is 0 Å². The molecule has 2 amide bonds. The summed E-state index contributed by atoms with van der Waals surface area (Å²) in [6.07, 6.45) is 2.68. The summed E-state index contributed by atoms with van der Waals surface area (Å²) in [6.45, 7) is 0.754. The highest BCUT2D eigenvalue weighted by Crippen LogP contribution is 2.24. The number of rotatable bonds is 6. The summed E-state index contributed by atoms with van der Waals surface area (Å²) in [7, 11) is -3.28. The van der Waals surface area contributed by atoms with Crippen molar-refractivity contribution >= 4 is 27.5 Å². The Morgan fingerprint density at radius 1 is 1.00 bits per heavy atom. The first-order valence-corrected chi connectivity index (χ1v) is 11.3. The van der Waals surface area contributed by atoms with Gasteiger partial charge in [0.2, 0.25) is 10.0 Å². The van der Waals surface area contributed by atoms with Gasteiger partial charge in [0.25, 0.3) is 11.8 Å². The Balaban J connectivity index is 1.37. The Labute approximate surface area is 170 Å². The summed E-state index contributed by atoms with van der Waals surface area (Å²) in [5.74, 6) is -0.214. The Kier molecular flexibility index (Phi) is 5.27. The predicted octanol–water partition coefficient (Wildman–Crippen LogP) is 2.05. The van der Waals surface area contributed by atoms with Gasteiger partial charge in [-0.15, -0.1) is 0 Å². The maximum Gasteiger partial charge on any atom is 0.251 e. The zero-order chi connectivity index (χ0) is 20.4. The average Bonchev–Trinajstić information content (AvgIpc) is 3.46. The van der Waals surface area contributed by atoms with Crippen molar-refractivity contribution in [3.63, 3.8) is 0 Å². The fourth-order valence-corrected chi connectivity index (χ4v) is 4.84. The molecule has 1 aliphatic carbocycles. The minimum Gasteiger partial charge on any atom is -0.349 e. The van der Waals surface area contributed by atoms with E-state index in [0.29, 0.717) is 42.4 Å². The second-order valence-electron chi connectivity index (χ2n) is 7.42. The van der Waals surface area contributed by atoms with Crippen LogP contribution in [0.1, 0.15) is 45.5 Å². The lowest BCUT2D eigenvalue weighted by Crippen LogP contribution is -2.26. The Morgan fingerprint density at radius 3 is 2.41 bits per heavy atom. The number of amides is 2. The molecule has 0 spiro atoms. The highest BCUT2D eigenvalue weighted by molar-refractivity contribution is 7.93. The lowest BCUT2D eigenvalue weighted by molar-refractivity contribution is 0.0941. The van der Waals surface area contributed by atoms with E-state index in [2.05, 4.69) is 10.6 Å². The maximum atomic E-state index is 12.5. The van der Waals surface area contributed by atoms with Crippen molar-refractivity contribution in [2.24, 2.45) is 0 Å². The van der Waals surface area contributed by atoms with Crippen molar-refractivity contribution < 1.29 is 18.0 Å². The molecule has 4 rings (SSSR count). The molecule has 2 fully saturated rings. The van der Waals surface area contributed by atoms with Gasteiger partial charge in [0.15, 0.2) is 0 Å². The van der Waals surface area contributed by atoms with Crippen molar-refractivity contribution in [2.75, 3.05) is 16.6 Å². The number of anilines is 1. The lowest BCUT2D eigenvalue weighted by atomic mass is 10.1. The quantitative estimate of drug-likeness (QED) is 0.758. The molecule has 2 N–H and O–H groups in total. The third-order valence-corrected chi connectivity index (χ3v) is 6.95. The SMILES string of the molecule is O=C(NCc1ccc(C(=O)NC2CC2)cc1)c1cccc(N2CCCS2(=O)=O)c1. The average molecular weight is 413 g/mol. The second kappa shape index (κ2) is 7.87.